The minimum Gasteiger partial charge on any atom is -0.312 e. The fraction of sp³-hybridized carbons (Fsp3) is 0.750. The van der Waals surface area contributed by atoms with E-state index in [1.54, 1.807) is 6.92 Å². The van der Waals surface area contributed by atoms with Crippen LogP contribution in [0.2, 0.25) is 0 Å². The molecule has 2 aliphatic heterocycles. The highest BCUT2D eigenvalue weighted by Gasteiger charge is 2.38. The Bertz CT molecular complexity index is 299. The van der Waals surface area contributed by atoms with Gasteiger partial charge in [0.25, 0.3) is 0 Å². The predicted molar refractivity (Wildman–Crippen MR) is 63.8 cm³/mol. The molecule has 0 radical (unpaired) electrons. The Morgan fingerprint density at radius 1 is 1.50 bits per heavy atom. The van der Waals surface area contributed by atoms with Gasteiger partial charge in [-0.15, -0.1) is 0 Å². The van der Waals surface area contributed by atoms with E-state index >= 15 is 0 Å². The first-order chi connectivity index (χ1) is 7.63. The average Bonchev–Trinajstić information content (AvgIpc) is 2.78. The molecule has 0 bridgehead atoms. The molecule has 0 amide bonds. The standard InChI is InChI=1S/C12H20FN3/c1-7(8(2)13)9(6-14)11-5-12-10(16-11)3-4-15-12/h6,8,10-12,14-16H,3-5H2,1-2H3/b9-7+,14-6?. The maximum absolute atomic E-state index is 13.3. The van der Waals surface area contributed by atoms with E-state index < -0.39 is 6.17 Å². The molecule has 3 N–H and O–H groups in total. The van der Waals surface area contributed by atoms with Gasteiger partial charge in [0.1, 0.15) is 6.17 Å². The van der Waals surface area contributed by atoms with Gasteiger partial charge in [-0.2, -0.15) is 0 Å². The van der Waals surface area contributed by atoms with Crippen molar-refractivity contribution in [2.45, 2.75) is 51.0 Å². The molecule has 0 spiro atoms. The highest BCUT2D eigenvalue weighted by atomic mass is 19.1. The Labute approximate surface area is 96.0 Å². The molecular formula is C12H20FN3. The first kappa shape index (κ1) is 11.7. The zero-order valence-electron chi connectivity index (χ0n) is 9.89. The summed E-state index contributed by atoms with van der Waals surface area (Å²) in [6.07, 6.45) is 2.45. The minimum absolute atomic E-state index is 0.151. The van der Waals surface area contributed by atoms with Crippen molar-refractivity contribution in [3.63, 3.8) is 0 Å². The number of alkyl halides is 1. The van der Waals surface area contributed by atoms with E-state index in [0.29, 0.717) is 17.7 Å². The largest absolute Gasteiger partial charge is 0.312 e. The van der Waals surface area contributed by atoms with E-state index in [-0.39, 0.29) is 6.04 Å². The molecule has 2 saturated heterocycles. The fourth-order valence-corrected chi connectivity index (χ4v) is 2.73. The molecule has 2 heterocycles. The molecule has 4 unspecified atom stereocenters. The van der Waals surface area contributed by atoms with Gasteiger partial charge in [-0.1, -0.05) is 0 Å². The molecule has 4 heteroatoms. The van der Waals surface area contributed by atoms with Gasteiger partial charge in [-0.25, -0.2) is 4.39 Å². The zero-order valence-corrected chi connectivity index (χ0v) is 9.89. The first-order valence-corrected chi connectivity index (χ1v) is 5.98. The third-order valence-electron chi connectivity index (χ3n) is 3.84. The lowest BCUT2D eigenvalue weighted by molar-refractivity contribution is 0.407. The van der Waals surface area contributed by atoms with Gasteiger partial charge in [0.15, 0.2) is 0 Å². The topological polar surface area (TPSA) is 47.9 Å². The summed E-state index contributed by atoms with van der Waals surface area (Å²) in [6.45, 7) is 4.39. The summed E-state index contributed by atoms with van der Waals surface area (Å²) in [5.74, 6) is 0. The monoisotopic (exact) mass is 225 g/mol. The molecular weight excluding hydrogens is 205 g/mol. The smallest absolute Gasteiger partial charge is 0.119 e. The molecule has 0 aromatic heterocycles. The number of fused-ring (bicyclic) bond motifs is 1. The highest BCUT2D eigenvalue weighted by Crippen LogP contribution is 2.26. The van der Waals surface area contributed by atoms with Crippen LogP contribution < -0.4 is 10.6 Å². The Morgan fingerprint density at radius 3 is 2.81 bits per heavy atom. The van der Waals surface area contributed by atoms with E-state index in [0.717, 1.165) is 25.0 Å². The Hall–Kier alpha value is -0.740. The van der Waals surface area contributed by atoms with Gasteiger partial charge in [-0.3, -0.25) is 0 Å². The number of halogens is 1. The summed E-state index contributed by atoms with van der Waals surface area (Å²) in [6, 6.07) is 1.16. The van der Waals surface area contributed by atoms with Crippen molar-refractivity contribution in [1.29, 1.82) is 5.41 Å². The highest BCUT2D eigenvalue weighted by molar-refractivity contribution is 5.79. The molecule has 4 atom stereocenters. The molecule has 90 valence electrons. The third kappa shape index (κ3) is 2.04. The molecule has 0 saturated carbocycles. The van der Waals surface area contributed by atoms with Crippen LogP contribution in [-0.2, 0) is 0 Å². The van der Waals surface area contributed by atoms with Gasteiger partial charge >= 0.3 is 0 Å². The fourth-order valence-electron chi connectivity index (χ4n) is 2.73. The van der Waals surface area contributed by atoms with Crippen molar-refractivity contribution >= 4 is 6.21 Å². The van der Waals surface area contributed by atoms with Crippen molar-refractivity contribution in [3.05, 3.63) is 11.1 Å². The van der Waals surface area contributed by atoms with Crippen molar-refractivity contribution in [3.8, 4) is 0 Å². The van der Waals surface area contributed by atoms with Crippen molar-refractivity contribution in [2.75, 3.05) is 6.54 Å². The normalized spacial score (nSPS) is 36.8. The lowest BCUT2D eigenvalue weighted by Gasteiger charge is -2.17. The van der Waals surface area contributed by atoms with Crippen LogP contribution in [0.5, 0.6) is 0 Å². The lowest BCUT2D eigenvalue weighted by Crippen LogP contribution is -2.33. The number of hydrogen-bond donors (Lipinski definition) is 3. The van der Waals surface area contributed by atoms with Crippen LogP contribution in [0.15, 0.2) is 11.1 Å². The molecule has 3 nitrogen and oxygen atoms in total. The van der Waals surface area contributed by atoms with Gasteiger partial charge in [0, 0.05) is 24.3 Å². The summed E-state index contributed by atoms with van der Waals surface area (Å²) in [4.78, 5) is 0. The van der Waals surface area contributed by atoms with Gasteiger partial charge in [0.2, 0.25) is 0 Å². The SMILES string of the molecule is C/C(=C(/C=N)C1CC2NCCC2N1)C(C)F. The van der Waals surface area contributed by atoms with Crippen LogP contribution in [0, 0.1) is 5.41 Å². The van der Waals surface area contributed by atoms with Crippen molar-refractivity contribution in [2.24, 2.45) is 0 Å². The second kappa shape index (κ2) is 4.63. The lowest BCUT2D eigenvalue weighted by atomic mass is 9.98. The summed E-state index contributed by atoms with van der Waals surface area (Å²) in [5, 5.41) is 14.4. The summed E-state index contributed by atoms with van der Waals surface area (Å²) >= 11 is 0. The first-order valence-electron chi connectivity index (χ1n) is 5.98. The van der Waals surface area contributed by atoms with E-state index in [1.807, 2.05) is 0 Å². The third-order valence-corrected chi connectivity index (χ3v) is 3.84. The second-order valence-electron chi connectivity index (χ2n) is 4.81. The van der Waals surface area contributed by atoms with E-state index in [2.05, 4.69) is 10.6 Å². The van der Waals surface area contributed by atoms with Crippen LogP contribution in [-0.4, -0.2) is 37.1 Å². The maximum atomic E-state index is 13.3. The quantitative estimate of drug-likeness (QED) is 0.636. The zero-order chi connectivity index (χ0) is 11.7. The molecule has 2 rings (SSSR count). The van der Waals surface area contributed by atoms with Crippen LogP contribution in [0.4, 0.5) is 4.39 Å². The van der Waals surface area contributed by atoms with Crippen LogP contribution in [0.25, 0.3) is 0 Å². The number of allylic oxidation sites excluding steroid dienone is 1. The molecule has 0 aliphatic carbocycles. The van der Waals surface area contributed by atoms with Crippen molar-refractivity contribution < 1.29 is 4.39 Å². The van der Waals surface area contributed by atoms with Gasteiger partial charge in [0.05, 0.1) is 0 Å². The molecule has 0 aromatic rings. The number of hydrogen-bond acceptors (Lipinski definition) is 3. The van der Waals surface area contributed by atoms with Gasteiger partial charge in [-0.05, 0) is 44.4 Å². The molecule has 0 aromatic carbocycles. The second-order valence-corrected chi connectivity index (χ2v) is 4.81. The van der Waals surface area contributed by atoms with Crippen LogP contribution >= 0.6 is 0 Å². The van der Waals surface area contributed by atoms with Crippen molar-refractivity contribution in [1.82, 2.24) is 10.6 Å². The Kier molecular flexibility index (Phi) is 3.40. The number of rotatable bonds is 3. The van der Waals surface area contributed by atoms with E-state index in [1.165, 1.54) is 13.1 Å². The average molecular weight is 225 g/mol. The molecule has 2 aliphatic rings. The van der Waals surface area contributed by atoms with Crippen LogP contribution in [0.3, 0.4) is 0 Å². The van der Waals surface area contributed by atoms with Crippen LogP contribution in [0.1, 0.15) is 26.7 Å². The molecule has 2 fully saturated rings. The maximum Gasteiger partial charge on any atom is 0.119 e. The minimum atomic E-state index is -0.966. The van der Waals surface area contributed by atoms with Gasteiger partial charge < -0.3 is 16.0 Å². The van der Waals surface area contributed by atoms with E-state index in [9.17, 15) is 4.39 Å². The van der Waals surface area contributed by atoms with E-state index in [4.69, 9.17) is 5.41 Å². The summed E-state index contributed by atoms with van der Waals surface area (Å²) in [5.41, 5.74) is 1.51. The predicted octanol–water partition coefficient (Wildman–Crippen LogP) is 1.40. The Morgan fingerprint density at radius 2 is 2.25 bits per heavy atom. The Balaban J connectivity index is 2.13. The molecule has 16 heavy (non-hydrogen) atoms. The number of nitrogens with one attached hydrogen (secondary N) is 3. The summed E-state index contributed by atoms with van der Waals surface area (Å²) < 4.78 is 13.3. The summed E-state index contributed by atoms with van der Waals surface area (Å²) in [7, 11) is 0.